The molecule has 164 valence electrons. The molecule has 0 unspecified atom stereocenters. The second-order valence-corrected chi connectivity index (χ2v) is 9.33. The van der Waals surface area contributed by atoms with Crippen LogP contribution in [-0.4, -0.2) is 0 Å². The van der Waals surface area contributed by atoms with Crippen LogP contribution >= 0.6 is 11.6 Å². The Hall–Kier alpha value is -2.00. The minimum atomic E-state index is -0.893. The van der Waals surface area contributed by atoms with Gasteiger partial charge in [0.1, 0.15) is 22.5 Å². The average molecular weight is 445 g/mol. The molecule has 0 amide bonds. The van der Waals surface area contributed by atoms with Crippen molar-refractivity contribution < 1.29 is 13.2 Å². The van der Waals surface area contributed by atoms with Crippen molar-refractivity contribution in [2.75, 3.05) is 0 Å². The molecule has 31 heavy (non-hydrogen) atoms. The zero-order valence-corrected chi connectivity index (χ0v) is 18.6. The van der Waals surface area contributed by atoms with E-state index in [9.17, 15) is 8.78 Å². The van der Waals surface area contributed by atoms with Gasteiger partial charge in [-0.3, -0.25) is 0 Å². The third-order valence-electron chi connectivity index (χ3n) is 6.82. The molecule has 0 bridgehead atoms. The van der Waals surface area contributed by atoms with Crippen molar-refractivity contribution in [3.05, 3.63) is 70.5 Å². The Bertz CT molecular complexity index is 1040. The van der Waals surface area contributed by atoms with Gasteiger partial charge in [0.25, 0.3) is 0 Å². The van der Waals surface area contributed by atoms with E-state index in [2.05, 4.69) is 6.92 Å². The summed E-state index contributed by atoms with van der Waals surface area (Å²) in [5.41, 5.74) is 1.51. The highest BCUT2D eigenvalue weighted by Gasteiger charge is 2.20. The van der Waals surface area contributed by atoms with Crippen molar-refractivity contribution in [1.82, 2.24) is 0 Å². The second-order valence-electron chi connectivity index (χ2n) is 8.95. The lowest BCUT2D eigenvalue weighted by molar-refractivity contribution is 0.252. The molecule has 4 heteroatoms. The van der Waals surface area contributed by atoms with E-state index in [4.69, 9.17) is 11.6 Å². The Morgan fingerprint density at radius 3 is 2.13 bits per heavy atom. The van der Waals surface area contributed by atoms with Crippen molar-refractivity contribution in [3.63, 3.8) is 0 Å². The smallest absolute Gasteiger partial charge is 0.145 e. The predicted octanol–water partition coefficient (Wildman–Crippen LogP) is 9.12. The highest BCUT2D eigenvalue weighted by Crippen LogP contribution is 2.35. The third-order valence-corrected chi connectivity index (χ3v) is 7.18. The zero-order valence-electron chi connectivity index (χ0n) is 17.9. The topological polar surface area (TPSA) is 0 Å². The first-order valence-corrected chi connectivity index (χ1v) is 11.7. The van der Waals surface area contributed by atoms with Gasteiger partial charge in [-0.2, -0.15) is 0 Å². The quantitative estimate of drug-likeness (QED) is 0.332. The van der Waals surface area contributed by atoms with Crippen LogP contribution in [0.15, 0.2) is 42.5 Å². The summed E-state index contributed by atoms with van der Waals surface area (Å²) in [6.45, 7) is 2.27. The summed E-state index contributed by atoms with van der Waals surface area (Å²) in [6.07, 6.45) is 10.2. The number of aryl methyl sites for hydroxylation is 1. The first kappa shape index (κ1) is 22.2. The Kier molecular flexibility index (Phi) is 6.91. The van der Waals surface area contributed by atoms with Gasteiger partial charge in [0.05, 0.1) is 0 Å². The molecule has 0 spiro atoms. The summed E-state index contributed by atoms with van der Waals surface area (Å²) < 4.78 is 42.8. The van der Waals surface area contributed by atoms with Crippen molar-refractivity contribution in [1.29, 1.82) is 0 Å². The Balaban J connectivity index is 1.49. The maximum absolute atomic E-state index is 15.1. The molecule has 1 aliphatic rings. The summed E-state index contributed by atoms with van der Waals surface area (Å²) in [6, 6.07) is 11.3. The number of benzene rings is 3. The summed E-state index contributed by atoms with van der Waals surface area (Å²) >= 11 is 5.55. The summed E-state index contributed by atoms with van der Waals surface area (Å²) in [5.74, 6) is -0.552. The molecule has 0 aliphatic heterocycles. The van der Waals surface area contributed by atoms with Crippen molar-refractivity contribution in [2.45, 2.75) is 58.3 Å². The Labute approximate surface area is 187 Å². The molecule has 1 fully saturated rings. The van der Waals surface area contributed by atoms with Gasteiger partial charge in [0, 0.05) is 10.9 Å². The second kappa shape index (κ2) is 9.65. The Morgan fingerprint density at radius 1 is 0.839 bits per heavy atom. The van der Waals surface area contributed by atoms with Gasteiger partial charge in [-0.1, -0.05) is 87.4 Å². The molecule has 4 rings (SSSR count). The lowest BCUT2D eigenvalue weighted by Gasteiger charge is -2.28. The minimum Gasteiger partial charge on any atom is -0.206 e. The lowest BCUT2D eigenvalue weighted by Crippen LogP contribution is -2.15. The van der Waals surface area contributed by atoms with E-state index < -0.39 is 22.5 Å². The fourth-order valence-electron chi connectivity index (χ4n) is 5.02. The number of halogens is 4. The van der Waals surface area contributed by atoms with Gasteiger partial charge in [-0.05, 0) is 53.3 Å². The van der Waals surface area contributed by atoms with E-state index in [0.717, 1.165) is 35.8 Å². The fraction of sp³-hybridized carbons (Fsp3) is 0.407. The predicted molar refractivity (Wildman–Crippen MR) is 123 cm³/mol. The molecule has 0 nitrogen and oxygen atoms in total. The van der Waals surface area contributed by atoms with Gasteiger partial charge in [-0.15, -0.1) is 0 Å². The van der Waals surface area contributed by atoms with Gasteiger partial charge >= 0.3 is 0 Å². The summed E-state index contributed by atoms with van der Waals surface area (Å²) in [7, 11) is 0. The molecular formula is C27H28ClF3. The van der Waals surface area contributed by atoms with Gasteiger partial charge in [0.15, 0.2) is 0 Å². The third kappa shape index (κ3) is 4.92. The van der Waals surface area contributed by atoms with E-state index >= 15 is 4.39 Å². The largest absolute Gasteiger partial charge is 0.206 e. The first-order chi connectivity index (χ1) is 15.0. The summed E-state index contributed by atoms with van der Waals surface area (Å²) in [5, 5.41) is 0.686. The highest BCUT2D eigenvalue weighted by atomic mass is 35.5. The van der Waals surface area contributed by atoms with Crippen LogP contribution in [0.4, 0.5) is 13.2 Å². The number of rotatable bonds is 6. The fourth-order valence-corrected chi connectivity index (χ4v) is 5.13. The molecule has 0 atom stereocenters. The molecule has 0 saturated heterocycles. The number of hydrogen-bond acceptors (Lipinski definition) is 0. The van der Waals surface area contributed by atoms with Crippen LogP contribution < -0.4 is 0 Å². The van der Waals surface area contributed by atoms with E-state index in [1.165, 1.54) is 50.5 Å². The summed E-state index contributed by atoms with van der Waals surface area (Å²) in [4.78, 5) is 0. The van der Waals surface area contributed by atoms with E-state index in [1.807, 2.05) is 18.2 Å². The standard InChI is InChI=1S/C27H28ClF3/c1-2-3-17-4-6-18(7-5-17)8-9-19-10-12-22-20(14-19)11-13-23(27(22)31)21-15-24(29)26(28)25(30)16-21/h10-18H,2-9H2,1H3. The van der Waals surface area contributed by atoms with Crippen LogP contribution in [0.3, 0.4) is 0 Å². The van der Waals surface area contributed by atoms with E-state index in [0.29, 0.717) is 5.39 Å². The van der Waals surface area contributed by atoms with Crippen LogP contribution in [0, 0.1) is 29.3 Å². The normalized spacial score (nSPS) is 19.1. The average Bonchev–Trinajstić information content (AvgIpc) is 2.77. The molecule has 1 saturated carbocycles. The number of hydrogen-bond donors (Lipinski definition) is 0. The number of fused-ring (bicyclic) bond motifs is 1. The van der Waals surface area contributed by atoms with Crippen molar-refractivity contribution in [2.24, 2.45) is 11.8 Å². The molecular weight excluding hydrogens is 417 g/mol. The van der Waals surface area contributed by atoms with Crippen LogP contribution in [0.1, 0.15) is 57.4 Å². The molecule has 3 aromatic rings. The molecule has 0 aromatic heterocycles. The van der Waals surface area contributed by atoms with Crippen LogP contribution in [0.2, 0.25) is 5.02 Å². The zero-order chi connectivity index (χ0) is 22.0. The SMILES string of the molecule is CCCC1CCC(CCc2ccc3c(F)c(-c4cc(F)c(Cl)c(F)c4)ccc3c2)CC1. The van der Waals surface area contributed by atoms with Crippen LogP contribution in [0.25, 0.3) is 21.9 Å². The van der Waals surface area contributed by atoms with Crippen molar-refractivity contribution in [3.8, 4) is 11.1 Å². The van der Waals surface area contributed by atoms with Crippen molar-refractivity contribution >= 4 is 22.4 Å². The lowest BCUT2D eigenvalue weighted by atomic mass is 9.78. The van der Waals surface area contributed by atoms with Crippen LogP contribution in [-0.2, 0) is 6.42 Å². The monoisotopic (exact) mass is 444 g/mol. The van der Waals surface area contributed by atoms with E-state index in [1.54, 1.807) is 12.1 Å². The Morgan fingerprint density at radius 2 is 1.48 bits per heavy atom. The molecule has 3 aromatic carbocycles. The molecule has 1 aliphatic carbocycles. The maximum Gasteiger partial charge on any atom is 0.145 e. The maximum atomic E-state index is 15.1. The molecule has 0 radical (unpaired) electrons. The van der Waals surface area contributed by atoms with Gasteiger partial charge in [-0.25, -0.2) is 13.2 Å². The molecule has 0 N–H and O–H groups in total. The first-order valence-electron chi connectivity index (χ1n) is 11.3. The van der Waals surface area contributed by atoms with Gasteiger partial charge in [0.2, 0.25) is 0 Å². The highest BCUT2D eigenvalue weighted by molar-refractivity contribution is 6.31. The molecule has 0 heterocycles. The van der Waals surface area contributed by atoms with Crippen LogP contribution in [0.5, 0.6) is 0 Å². The van der Waals surface area contributed by atoms with Gasteiger partial charge < -0.3 is 0 Å². The van der Waals surface area contributed by atoms with E-state index in [-0.39, 0.29) is 11.1 Å². The minimum absolute atomic E-state index is 0.140.